The van der Waals surface area contributed by atoms with Crippen LogP contribution in [0.2, 0.25) is 0 Å². The van der Waals surface area contributed by atoms with Gasteiger partial charge in [0.2, 0.25) is 0 Å². The van der Waals surface area contributed by atoms with Gasteiger partial charge >= 0.3 is 6.36 Å². The summed E-state index contributed by atoms with van der Waals surface area (Å²) in [5.74, 6) is -0.324. The van der Waals surface area contributed by atoms with Crippen LogP contribution in [-0.4, -0.2) is 16.5 Å². The lowest BCUT2D eigenvalue weighted by molar-refractivity contribution is -0.274. The topological polar surface area (TPSA) is 61.2 Å². The summed E-state index contributed by atoms with van der Waals surface area (Å²) < 4.78 is 41.2. The molecule has 30 heavy (non-hydrogen) atoms. The predicted octanol–water partition coefficient (Wildman–Crippen LogP) is 5.26. The molecule has 0 saturated carbocycles. The van der Waals surface area contributed by atoms with Crippen LogP contribution in [0.25, 0.3) is 0 Å². The summed E-state index contributed by atoms with van der Waals surface area (Å²) in [5.41, 5.74) is 2.46. The quantitative estimate of drug-likeness (QED) is 0.560. The molecule has 0 aliphatic heterocycles. The number of ether oxygens (including phenoxy) is 1. The summed E-state index contributed by atoms with van der Waals surface area (Å²) in [6.45, 7) is 0.294. The van der Waals surface area contributed by atoms with E-state index in [1.54, 1.807) is 41.4 Å². The summed E-state index contributed by atoms with van der Waals surface area (Å²) in [6.07, 6.45) is -3.12. The number of nitrogens with one attached hydrogen (secondary N) is 1. The fourth-order valence-corrected chi connectivity index (χ4v) is 2.87. The number of nitriles is 1. The number of anilines is 2. The molecule has 1 aromatic heterocycles. The Labute approximate surface area is 176 Å². The summed E-state index contributed by atoms with van der Waals surface area (Å²) in [7, 11) is 0. The Hall–Kier alpha value is -3.64. The summed E-state index contributed by atoms with van der Waals surface area (Å²) in [6, 6.07) is 19.6. The van der Waals surface area contributed by atoms with E-state index < -0.39 is 6.36 Å². The SMILES string of the molecule is N#Cc1ccc(NC(=S)N(Cc2ccccn2)c2ccc(OC(F)(F)F)cc2)cc1. The molecule has 0 unspecified atom stereocenters. The number of thiocarbonyl (C=S) groups is 1. The van der Waals surface area contributed by atoms with Gasteiger partial charge in [-0.25, -0.2) is 0 Å². The summed E-state index contributed by atoms with van der Waals surface area (Å²) in [4.78, 5) is 5.99. The smallest absolute Gasteiger partial charge is 0.406 e. The molecule has 0 fully saturated rings. The van der Waals surface area contributed by atoms with Gasteiger partial charge in [-0.05, 0) is 72.9 Å². The second kappa shape index (κ2) is 9.24. The van der Waals surface area contributed by atoms with Crippen LogP contribution >= 0.6 is 12.2 Å². The van der Waals surface area contributed by atoms with Crippen molar-refractivity contribution in [2.75, 3.05) is 10.2 Å². The van der Waals surface area contributed by atoms with Crippen molar-refractivity contribution in [3.05, 3.63) is 84.2 Å². The number of hydrogen-bond acceptors (Lipinski definition) is 4. The van der Waals surface area contributed by atoms with Gasteiger partial charge in [-0.1, -0.05) is 6.07 Å². The highest BCUT2D eigenvalue weighted by molar-refractivity contribution is 7.80. The van der Waals surface area contributed by atoms with Crippen molar-refractivity contribution in [3.8, 4) is 11.8 Å². The van der Waals surface area contributed by atoms with Gasteiger partial charge < -0.3 is 15.0 Å². The molecule has 152 valence electrons. The molecule has 0 atom stereocenters. The third kappa shape index (κ3) is 5.93. The maximum atomic E-state index is 12.4. The van der Waals surface area contributed by atoms with Crippen LogP contribution in [0, 0.1) is 11.3 Å². The number of halogens is 3. The standard InChI is InChI=1S/C21H15F3N4OS/c22-21(23,24)29-19-10-8-18(9-11-19)28(14-17-3-1-2-12-26-17)20(30)27-16-6-4-15(13-25)5-7-16/h1-12H,14H2,(H,27,30). The van der Waals surface area contributed by atoms with Crippen LogP contribution < -0.4 is 15.0 Å². The van der Waals surface area contributed by atoms with Crippen LogP contribution in [0.15, 0.2) is 72.9 Å². The molecule has 1 N–H and O–H groups in total. The van der Waals surface area contributed by atoms with Gasteiger partial charge in [0.05, 0.1) is 23.9 Å². The fourth-order valence-electron chi connectivity index (χ4n) is 2.58. The zero-order valence-electron chi connectivity index (χ0n) is 15.4. The number of rotatable bonds is 5. The van der Waals surface area contributed by atoms with Crippen molar-refractivity contribution in [1.29, 1.82) is 5.26 Å². The first-order chi connectivity index (χ1) is 14.3. The van der Waals surface area contributed by atoms with E-state index in [2.05, 4.69) is 15.0 Å². The molecule has 2 aromatic carbocycles. The Morgan fingerprint density at radius 3 is 2.33 bits per heavy atom. The van der Waals surface area contributed by atoms with E-state index in [9.17, 15) is 13.2 Å². The number of aromatic nitrogens is 1. The highest BCUT2D eigenvalue weighted by Crippen LogP contribution is 2.26. The molecular formula is C21H15F3N4OS. The predicted molar refractivity (Wildman–Crippen MR) is 111 cm³/mol. The van der Waals surface area contributed by atoms with Gasteiger partial charge in [0.15, 0.2) is 5.11 Å². The number of nitrogens with zero attached hydrogens (tertiary/aromatic N) is 3. The van der Waals surface area contributed by atoms with Gasteiger partial charge in [-0.3, -0.25) is 4.98 Å². The lowest BCUT2D eigenvalue weighted by Crippen LogP contribution is -2.34. The Kier molecular flexibility index (Phi) is 6.49. The average Bonchev–Trinajstić information content (AvgIpc) is 2.73. The van der Waals surface area contributed by atoms with Crippen molar-refractivity contribution in [3.63, 3.8) is 0 Å². The van der Waals surface area contributed by atoms with Crippen LogP contribution in [0.1, 0.15) is 11.3 Å². The fraction of sp³-hybridized carbons (Fsp3) is 0.0952. The second-order valence-electron chi connectivity index (χ2n) is 6.07. The normalized spacial score (nSPS) is 10.7. The zero-order chi connectivity index (χ0) is 21.6. The number of pyridine rings is 1. The molecule has 0 amide bonds. The highest BCUT2D eigenvalue weighted by atomic mass is 32.1. The van der Waals surface area contributed by atoms with Gasteiger partial charge in [-0.15, -0.1) is 13.2 Å². The molecule has 3 rings (SSSR count). The third-order valence-corrected chi connectivity index (χ3v) is 4.26. The minimum atomic E-state index is -4.76. The van der Waals surface area contributed by atoms with Gasteiger partial charge in [0.25, 0.3) is 0 Å². The van der Waals surface area contributed by atoms with Crippen molar-refractivity contribution in [2.24, 2.45) is 0 Å². The third-order valence-electron chi connectivity index (χ3n) is 3.94. The maximum absolute atomic E-state index is 12.4. The molecule has 0 aliphatic rings. The first-order valence-corrected chi connectivity index (χ1v) is 9.09. The lowest BCUT2D eigenvalue weighted by Gasteiger charge is -2.26. The van der Waals surface area contributed by atoms with Gasteiger partial charge in [0, 0.05) is 17.6 Å². The first kappa shape index (κ1) is 21.1. The van der Waals surface area contributed by atoms with E-state index in [-0.39, 0.29) is 5.75 Å². The molecular weight excluding hydrogens is 413 g/mol. The molecule has 5 nitrogen and oxygen atoms in total. The Morgan fingerprint density at radius 1 is 1.07 bits per heavy atom. The largest absolute Gasteiger partial charge is 0.573 e. The maximum Gasteiger partial charge on any atom is 0.573 e. The van der Waals surface area contributed by atoms with Crippen molar-refractivity contribution in [2.45, 2.75) is 12.9 Å². The van der Waals surface area contributed by atoms with Crippen LogP contribution in [0.4, 0.5) is 24.5 Å². The Balaban J connectivity index is 1.84. The van der Waals surface area contributed by atoms with E-state index in [0.717, 1.165) is 5.69 Å². The Morgan fingerprint density at radius 2 is 1.77 bits per heavy atom. The van der Waals surface area contributed by atoms with E-state index in [4.69, 9.17) is 17.5 Å². The van der Waals surface area contributed by atoms with Crippen LogP contribution in [0.5, 0.6) is 5.75 Å². The molecule has 0 bridgehead atoms. The molecule has 0 radical (unpaired) electrons. The van der Waals surface area contributed by atoms with E-state index in [0.29, 0.717) is 28.6 Å². The molecule has 0 aliphatic carbocycles. The first-order valence-electron chi connectivity index (χ1n) is 8.68. The zero-order valence-corrected chi connectivity index (χ0v) is 16.2. The average molecular weight is 428 g/mol. The monoisotopic (exact) mass is 428 g/mol. The van der Waals surface area contributed by atoms with Crippen molar-refractivity contribution < 1.29 is 17.9 Å². The summed E-state index contributed by atoms with van der Waals surface area (Å²) >= 11 is 5.53. The summed E-state index contributed by atoms with van der Waals surface area (Å²) in [5, 5.41) is 12.3. The van der Waals surface area contributed by atoms with E-state index >= 15 is 0 Å². The minimum Gasteiger partial charge on any atom is -0.406 e. The lowest BCUT2D eigenvalue weighted by atomic mass is 10.2. The molecule has 3 aromatic rings. The molecule has 0 saturated heterocycles. The van der Waals surface area contributed by atoms with Crippen LogP contribution in [-0.2, 0) is 6.54 Å². The second-order valence-corrected chi connectivity index (χ2v) is 6.45. The number of hydrogen-bond donors (Lipinski definition) is 1. The molecule has 1 heterocycles. The highest BCUT2D eigenvalue weighted by Gasteiger charge is 2.31. The van der Waals surface area contributed by atoms with Gasteiger partial charge in [0.1, 0.15) is 5.75 Å². The Bertz CT molecular complexity index is 1030. The van der Waals surface area contributed by atoms with E-state index in [1.807, 2.05) is 18.2 Å². The van der Waals surface area contributed by atoms with Crippen molar-refractivity contribution in [1.82, 2.24) is 4.98 Å². The molecule has 9 heteroatoms. The van der Waals surface area contributed by atoms with Crippen LogP contribution in [0.3, 0.4) is 0 Å². The van der Waals surface area contributed by atoms with E-state index in [1.165, 1.54) is 24.3 Å². The van der Waals surface area contributed by atoms with Crippen molar-refractivity contribution >= 4 is 28.7 Å². The van der Waals surface area contributed by atoms with Gasteiger partial charge in [-0.2, -0.15) is 5.26 Å². The molecule has 0 spiro atoms. The minimum absolute atomic E-state index is 0.294. The number of benzene rings is 2. The number of alkyl halides is 3.